The predicted molar refractivity (Wildman–Crippen MR) is 126 cm³/mol. The zero-order chi connectivity index (χ0) is 22.7. The van der Waals surface area contributed by atoms with Crippen molar-refractivity contribution in [2.75, 3.05) is 23.1 Å². The lowest BCUT2D eigenvalue weighted by Gasteiger charge is -2.26. The maximum Gasteiger partial charge on any atom is 0.338 e. The van der Waals surface area contributed by atoms with Crippen molar-refractivity contribution >= 4 is 27.4 Å². The van der Waals surface area contributed by atoms with E-state index in [1.54, 1.807) is 30.3 Å². The van der Waals surface area contributed by atoms with E-state index in [4.69, 9.17) is 0 Å². The molecule has 2 aliphatic rings. The highest BCUT2D eigenvalue weighted by Gasteiger charge is 2.28. The lowest BCUT2D eigenvalue weighted by atomic mass is 9.80. The second kappa shape index (κ2) is 9.50. The number of fused-ring (bicyclic) bond motifs is 1. The molecule has 0 spiro atoms. The second-order valence-electron chi connectivity index (χ2n) is 8.77. The van der Waals surface area contributed by atoms with E-state index in [2.05, 4.69) is 15.4 Å². The van der Waals surface area contributed by atoms with Crippen LogP contribution in [0.1, 0.15) is 66.4 Å². The van der Waals surface area contributed by atoms with Gasteiger partial charge in [0.15, 0.2) is 0 Å². The lowest BCUT2D eigenvalue weighted by molar-refractivity contribution is 0.0696. The molecule has 0 amide bonds. The molecule has 1 aliphatic carbocycles. The number of nitrogens with one attached hydrogen (secondary N) is 3. The summed E-state index contributed by atoms with van der Waals surface area (Å²) in [7, 11) is -3.98. The summed E-state index contributed by atoms with van der Waals surface area (Å²) in [4.78, 5) is 12.3. The standard InChI is InChI=1S/C24H31N3O4S/c1-16-6-4-7-17-11-12-20(23(22(16)17)24(28)29)27-32(30,31)21-10-3-2-9-19(21)26-15-13-18-8-5-14-25-18/h2-3,9-12,16,18,25-27H,4-8,13-15H2,1H3,(H,28,29)/t16-,18-/m1/s1. The van der Waals surface area contributed by atoms with E-state index in [1.165, 1.54) is 6.42 Å². The third kappa shape index (κ3) is 4.76. The average molecular weight is 458 g/mol. The Balaban J connectivity index is 1.60. The van der Waals surface area contributed by atoms with Crippen LogP contribution >= 0.6 is 0 Å². The van der Waals surface area contributed by atoms with Gasteiger partial charge in [-0.2, -0.15) is 0 Å². The fourth-order valence-electron chi connectivity index (χ4n) is 4.93. The summed E-state index contributed by atoms with van der Waals surface area (Å²) in [5.74, 6) is -1.03. The number of hydrogen-bond donors (Lipinski definition) is 4. The Morgan fingerprint density at radius 3 is 2.69 bits per heavy atom. The number of sulfonamides is 1. The molecular formula is C24H31N3O4S. The van der Waals surface area contributed by atoms with Crippen molar-refractivity contribution in [1.82, 2.24) is 5.32 Å². The summed E-state index contributed by atoms with van der Waals surface area (Å²) in [6.07, 6.45) is 5.94. The van der Waals surface area contributed by atoms with Gasteiger partial charge in [-0.15, -0.1) is 0 Å². The van der Waals surface area contributed by atoms with Crippen LogP contribution in [0.25, 0.3) is 0 Å². The van der Waals surface area contributed by atoms with Crippen LogP contribution < -0.4 is 15.4 Å². The summed E-state index contributed by atoms with van der Waals surface area (Å²) in [5, 5.41) is 16.6. The molecule has 2 aromatic rings. The molecule has 1 fully saturated rings. The number of benzene rings is 2. The van der Waals surface area contributed by atoms with Crippen molar-refractivity contribution in [3.63, 3.8) is 0 Å². The molecule has 1 heterocycles. The average Bonchev–Trinajstić information content (AvgIpc) is 3.27. The number of aryl methyl sites for hydroxylation is 1. The van der Waals surface area contributed by atoms with Crippen LogP contribution in [0.3, 0.4) is 0 Å². The van der Waals surface area contributed by atoms with Crippen molar-refractivity contribution in [2.24, 2.45) is 0 Å². The summed E-state index contributed by atoms with van der Waals surface area (Å²) in [6.45, 7) is 3.69. The second-order valence-corrected chi connectivity index (χ2v) is 10.4. The molecule has 0 bridgehead atoms. The third-order valence-electron chi connectivity index (χ3n) is 6.52. The Morgan fingerprint density at radius 1 is 1.12 bits per heavy atom. The first-order valence-corrected chi connectivity index (χ1v) is 12.8. The minimum Gasteiger partial charge on any atom is -0.478 e. The molecule has 2 aromatic carbocycles. The van der Waals surface area contributed by atoms with E-state index in [-0.39, 0.29) is 22.1 Å². The molecule has 0 radical (unpaired) electrons. The van der Waals surface area contributed by atoms with Gasteiger partial charge in [-0.05, 0) is 80.3 Å². The van der Waals surface area contributed by atoms with Crippen molar-refractivity contribution in [2.45, 2.75) is 62.3 Å². The van der Waals surface area contributed by atoms with Gasteiger partial charge >= 0.3 is 5.97 Å². The summed E-state index contributed by atoms with van der Waals surface area (Å²) in [6, 6.07) is 10.6. The number of anilines is 2. The number of carboxylic acid groups (broad SMARTS) is 1. The van der Waals surface area contributed by atoms with E-state index in [1.807, 2.05) is 13.0 Å². The van der Waals surface area contributed by atoms with Gasteiger partial charge in [0, 0.05) is 12.6 Å². The number of carbonyl (C=O) groups is 1. The Morgan fingerprint density at radius 2 is 1.94 bits per heavy atom. The minimum absolute atomic E-state index is 0.0658. The van der Waals surface area contributed by atoms with E-state index in [9.17, 15) is 18.3 Å². The van der Waals surface area contributed by atoms with Crippen molar-refractivity contribution in [3.8, 4) is 0 Å². The molecule has 172 valence electrons. The van der Waals surface area contributed by atoms with E-state index in [0.717, 1.165) is 49.8 Å². The van der Waals surface area contributed by atoms with Gasteiger partial charge in [-0.1, -0.05) is 25.1 Å². The highest BCUT2D eigenvalue weighted by Crippen LogP contribution is 2.38. The molecule has 8 heteroatoms. The monoisotopic (exact) mass is 457 g/mol. The van der Waals surface area contributed by atoms with Gasteiger partial charge in [-0.3, -0.25) is 4.72 Å². The Kier molecular flexibility index (Phi) is 6.71. The lowest BCUT2D eigenvalue weighted by Crippen LogP contribution is -2.24. The van der Waals surface area contributed by atoms with Crippen LogP contribution in [0.5, 0.6) is 0 Å². The third-order valence-corrected chi connectivity index (χ3v) is 7.94. The predicted octanol–water partition coefficient (Wildman–Crippen LogP) is 4.18. The van der Waals surface area contributed by atoms with Crippen LogP contribution in [0.2, 0.25) is 0 Å². The van der Waals surface area contributed by atoms with Crippen molar-refractivity contribution in [1.29, 1.82) is 0 Å². The number of para-hydroxylation sites is 1. The number of carboxylic acids is 1. The van der Waals surface area contributed by atoms with Gasteiger partial charge in [0.1, 0.15) is 4.90 Å². The molecule has 1 saturated heterocycles. The maximum atomic E-state index is 13.3. The SMILES string of the molecule is C[C@@H]1CCCc2ccc(NS(=O)(=O)c3ccccc3NCC[C@H]3CCCN3)c(C(=O)O)c21. The first kappa shape index (κ1) is 22.6. The minimum atomic E-state index is -3.98. The summed E-state index contributed by atoms with van der Waals surface area (Å²) >= 11 is 0. The molecule has 1 aliphatic heterocycles. The van der Waals surface area contributed by atoms with Crippen LogP contribution in [0.4, 0.5) is 11.4 Å². The fraction of sp³-hybridized carbons (Fsp3) is 0.458. The molecule has 7 nitrogen and oxygen atoms in total. The summed E-state index contributed by atoms with van der Waals surface area (Å²) in [5.41, 5.74) is 2.44. The van der Waals surface area contributed by atoms with Crippen LogP contribution in [0.15, 0.2) is 41.3 Å². The zero-order valence-corrected chi connectivity index (χ0v) is 19.2. The Hall–Kier alpha value is -2.58. The number of aromatic carboxylic acids is 1. The molecule has 32 heavy (non-hydrogen) atoms. The number of rotatable bonds is 8. The molecule has 4 rings (SSSR count). The normalized spacial score (nSPS) is 20.5. The van der Waals surface area contributed by atoms with Gasteiger partial charge in [0.05, 0.1) is 16.9 Å². The fourth-order valence-corrected chi connectivity index (χ4v) is 6.19. The highest BCUT2D eigenvalue weighted by atomic mass is 32.2. The molecule has 0 unspecified atom stereocenters. The van der Waals surface area contributed by atoms with Crippen molar-refractivity contribution < 1.29 is 18.3 Å². The molecule has 0 aromatic heterocycles. The van der Waals surface area contributed by atoms with E-state index in [0.29, 0.717) is 18.3 Å². The van der Waals surface area contributed by atoms with Crippen LogP contribution in [0, 0.1) is 0 Å². The smallest absolute Gasteiger partial charge is 0.338 e. The molecular weight excluding hydrogens is 426 g/mol. The molecule has 4 N–H and O–H groups in total. The first-order valence-electron chi connectivity index (χ1n) is 11.3. The Labute approximate surface area is 189 Å². The molecule has 2 atom stereocenters. The van der Waals surface area contributed by atoms with Crippen LogP contribution in [-0.4, -0.2) is 38.6 Å². The Bertz CT molecular complexity index is 1090. The maximum absolute atomic E-state index is 13.3. The van der Waals surface area contributed by atoms with E-state index < -0.39 is 16.0 Å². The van der Waals surface area contributed by atoms with Gasteiger partial charge < -0.3 is 15.7 Å². The molecule has 0 saturated carbocycles. The van der Waals surface area contributed by atoms with Gasteiger partial charge in [0.2, 0.25) is 0 Å². The largest absolute Gasteiger partial charge is 0.478 e. The highest BCUT2D eigenvalue weighted by molar-refractivity contribution is 7.92. The first-order chi connectivity index (χ1) is 15.4. The van der Waals surface area contributed by atoms with E-state index >= 15 is 0 Å². The number of hydrogen-bond acceptors (Lipinski definition) is 5. The van der Waals surface area contributed by atoms with Crippen molar-refractivity contribution in [3.05, 3.63) is 53.1 Å². The van der Waals surface area contributed by atoms with Gasteiger partial charge in [0.25, 0.3) is 10.0 Å². The zero-order valence-electron chi connectivity index (χ0n) is 18.4. The topological polar surface area (TPSA) is 108 Å². The summed E-state index contributed by atoms with van der Waals surface area (Å²) < 4.78 is 29.2. The van der Waals surface area contributed by atoms with Gasteiger partial charge in [-0.25, -0.2) is 13.2 Å². The van der Waals surface area contributed by atoms with Crippen LogP contribution in [-0.2, 0) is 16.4 Å². The quantitative estimate of drug-likeness (QED) is 0.474.